The van der Waals surface area contributed by atoms with Crippen molar-refractivity contribution in [1.82, 2.24) is 4.98 Å². The first-order chi connectivity index (χ1) is 7.58. The van der Waals surface area contributed by atoms with E-state index in [0.717, 1.165) is 23.6 Å². The first kappa shape index (κ1) is 12.9. The summed E-state index contributed by atoms with van der Waals surface area (Å²) in [5.41, 5.74) is 8.99. The van der Waals surface area contributed by atoms with E-state index in [2.05, 4.69) is 17.2 Å². The molecule has 1 heterocycles. The summed E-state index contributed by atoms with van der Waals surface area (Å²) in [5.74, 6) is 0.879. The third-order valence-corrected chi connectivity index (χ3v) is 2.64. The number of nitrogens with two attached hydrogens (primary N) is 1. The summed E-state index contributed by atoms with van der Waals surface area (Å²) in [6.45, 7) is 7.29. The highest BCUT2D eigenvalue weighted by Crippen LogP contribution is 2.17. The molecule has 0 aliphatic carbocycles. The van der Waals surface area contributed by atoms with Crippen molar-refractivity contribution in [2.24, 2.45) is 5.73 Å². The molecule has 0 aliphatic heterocycles. The Bertz CT molecular complexity index is 352. The molecule has 0 amide bonds. The highest BCUT2D eigenvalue weighted by molar-refractivity contribution is 5.49. The molecule has 1 atom stereocenters. The van der Waals surface area contributed by atoms with Crippen LogP contribution in [0.1, 0.15) is 23.7 Å². The van der Waals surface area contributed by atoms with E-state index >= 15 is 0 Å². The molecule has 0 spiro atoms. The number of rotatable bonds is 5. The summed E-state index contributed by atoms with van der Waals surface area (Å²) in [6.07, 6.45) is 0.160. The average molecular weight is 223 g/mol. The monoisotopic (exact) mass is 223 g/mol. The van der Waals surface area contributed by atoms with Crippen LogP contribution in [0.5, 0.6) is 0 Å². The van der Waals surface area contributed by atoms with Gasteiger partial charge in [-0.1, -0.05) is 0 Å². The Morgan fingerprint density at radius 2 is 2.19 bits per heavy atom. The van der Waals surface area contributed by atoms with E-state index in [1.54, 1.807) is 7.11 Å². The quantitative estimate of drug-likeness (QED) is 0.796. The molecular weight excluding hydrogens is 202 g/mol. The number of hydrogen-bond donors (Lipinski definition) is 2. The Morgan fingerprint density at radius 1 is 1.50 bits per heavy atom. The van der Waals surface area contributed by atoms with Gasteiger partial charge in [0.15, 0.2) is 0 Å². The smallest absolute Gasteiger partial charge is 0.131 e. The van der Waals surface area contributed by atoms with Crippen molar-refractivity contribution < 1.29 is 4.74 Å². The van der Waals surface area contributed by atoms with Crippen LogP contribution in [0.2, 0.25) is 0 Å². The first-order valence-corrected chi connectivity index (χ1v) is 5.52. The van der Waals surface area contributed by atoms with Crippen LogP contribution in [-0.4, -0.2) is 24.7 Å². The van der Waals surface area contributed by atoms with E-state index in [4.69, 9.17) is 10.5 Å². The molecule has 4 heteroatoms. The number of aryl methyl sites for hydroxylation is 2. The van der Waals surface area contributed by atoms with Crippen LogP contribution in [0.25, 0.3) is 0 Å². The van der Waals surface area contributed by atoms with Gasteiger partial charge in [-0.15, -0.1) is 0 Å². The van der Waals surface area contributed by atoms with Gasteiger partial charge < -0.3 is 15.8 Å². The number of aromatic nitrogens is 1. The third kappa shape index (κ3) is 3.18. The number of nitrogens with one attached hydrogen (secondary N) is 1. The first-order valence-electron chi connectivity index (χ1n) is 5.52. The average Bonchev–Trinajstić information content (AvgIpc) is 2.25. The zero-order valence-corrected chi connectivity index (χ0v) is 10.5. The fraction of sp³-hybridized carbons (Fsp3) is 0.583. The maximum atomic E-state index is 5.73. The molecule has 1 aromatic heterocycles. The maximum absolute atomic E-state index is 5.73. The Balaban J connectivity index is 2.85. The minimum atomic E-state index is 0.160. The van der Waals surface area contributed by atoms with E-state index in [-0.39, 0.29) is 6.10 Å². The lowest BCUT2D eigenvalue weighted by molar-refractivity contribution is 0.128. The summed E-state index contributed by atoms with van der Waals surface area (Å²) in [5, 5.41) is 3.28. The van der Waals surface area contributed by atoms with E-state index in [1.165, 1.54) is 5.56 Å². The van der Waals surface area contributed by atoms with Crippen molar-refractivity contribution in [3.8, 4) is 0 Å². The minimum Gasteiger partial charge on any atom is -0.380 e. The van der Waals surface area contributed by atoms with E-state index in [1.807, 2.05) is 19.9 Å². The van der Waals surface area contributed by atoms with Crippen LogP contribution >= 0.6 is 0 Å². The van der Waals surface area contributed by atoms with Crippen molar-refractivity contribution in [3.63, 3.8) is 0 Å². The van der Waals surface area contributed by atoms with Crippen LogP contribution < -0.4 is 11.1 Å². The molecule has 0 saturated heterocycles. The number of hydrogen-bond acceptors (Lipinski definition) is 4. The molecule has 0 saturated carbocycles. The molecule has 0 bridgehead atoms. The predicted octanol–water partition coefficient (Wildman–Crippen LogP) is 1.60. The zero-order chi connectivity index (χ0) is 12.1. The predicted molar refractivity (Wildman–Crippen MR) is 66.6 cm³/mol. The third-order valence-electron chi connectivity index (χ3n) is 2.64. The van der Waals surface area contributed by atoms with E-state index in [9.17, 15) is 0 Å². The molecule has 0 radical (unpaired) electrons. The van der Waals surface area contributed by atoms with Gasteiger partial charge in [0.1, 0.15) is 5.82 Å². The Kier molecular flexibility index (Phi) is 4.71. The van der Waals surface area contributed by atoms with Gasteiger partial charge in [0, 0.05) is 31.5 Å². The SMILES string of the molecule is COC(C)CNc1nc(C)cc(C)c1CN. The lowest BCUT2D eigenvalue weighted by Crippen LogP contribution is -2.20. The normalized spacial score (nSPS) is 12.6. The van der Waals surface area contributed by atoms with Crippen molar-refractivity contribution in [1.29, 1.82) is 0 Å². The Labute approximate surface area is 97.2 Å². The lowest BCUT2D eigenvalue weighted by Gasteiger charge is -2.16. The van der Waals surface area contributed by atoms with E-state index < -0.39 is 0 Å². The molecule has 16 heavy (non-hydrogen) atoms. The number of methoxy groups -OCH3 is 1. The van der Waals surface area contributed by atoms with Gasteiger partial charge in [0.2, 0.25) is 0 Å². The Morgan fingerprint density at radius 3 is 2.75 bits per heavy atom. The highest BCUT2D eigenvalue weighted by atomic mass is 16.5. The summed E-state index contributed by atoms with van der Waals surface area (Å²) in [6, 6.07) is 2.05. The van der Waals surface area contributed by atoms with Crippen LogP contribution in [-0.2, 0) is 11.3 Å². The molecule has 1 rings (SSSR count). The van der Waals surface area contributed by atoms with Crippen molar-refractivity contribution >= 4 is 5.82 Å². The van der Waals surface area contributed by atoms with E-state index in [0.29, 0.717) is 6.54 Å². The van der Waals surface area contributed by atoms with Crippen LogP contribution in [0.4, 0.5) is 5.82 Å². The fourth-order valence-corrected chi connectivity index (χ4v) is 1.59. The second kappa shape index (κ2) is 5.82. The number of nitrogens with zero attached hydrogens (tertiary/aromatic N) is 1. The summed E-state index contributed by atoms with van der Waals surface area (Å²) >= 11 is 0. The molecule has 1 aromatic rings. The minimum absolute atomic E-state index is 0.160. The summed E-state index contributed by atoms with van der Waals surface area (Å²) in [7, 11) is 1.70. The second-order valence-electron chi connectivity index (χ2n) is 4.04. The standard InChI is InChI=1S/C12H21N3O/c1-8-5-9(2)15-12(11(8)6-13)14-7-10(3)16-4/h5,10H,6-7,13H2,1-4H3,(H,14,15). The van der Waals surface area contributed by atoms with Crippen molar-refractivity contribution in [2.75, 3.05) is 19.0 Å². The zero-order valence-electron chi connectivity index (χ0n) is 10.5. The summed E-state index contributed by atoms with van der Waals surface area (Å²) in [4.78, 5) is 4.46. The summed E-state index contributed by atoms with van der Waals surface area (Å²) < 4.78 is 5.18. The van der Waals surface area contributed by atoms with Crippen LogP contribution in [0.3, 0.4) is 0 Å². The molecule has 0 aliphatic rings. The number of pyridine rings is 1. The van der Waals surface area contributed by atoms with Gasteiger partial charge in [-0.25, -0.2) is 4.98 Å². The van der Waals surface area contributed by atoms with Crippen LogP contribution in [0, 0.1) is 13.8 Å². The second-order valence-corrected chi connectivity index (χ2v) is 4.04. The molecule has 1 unspecified atom stereocenters. The van der Waals surface area contributed by atoms with Crippen molar-refractivity contribution in [3.05, 3.63) is 22.9 Å². The largest absolute Gasteiger partial charge is 0.380 e. The fourth-order valence-electron chi connectivity index (χ4n) is 1.59. The molecule has 0 aromatic carbocycles. The van der Waals surface area contributed by atoms with Gasteiger partial charge >= 0.3 is 0 Å². The molecule has 90 valence electrons. The molecular formula is C12H21N3O. The van der Waals surface area contributed by atoms with Gasteiger partial charge in [0.25, 0.3) is 0 Å². The number of ether oxygens (including phenoxy) is 1. The lowest BCUT2D eigenvalue weighted by atomic mass is 10.1. The molecule has 3 N–H and O–H groups in total. The van der Waals surface area contributed by atoms with Gasteiger partial charge in [-0.3, -0.25) is 0 Å². The molecule has 4 nitrogen and oxygen atoms in total. The van der Waals surface area contributed by atoms with Gasteiger partial charge in [0.05, 0.1) is 6.10 Å². The van der Waals surface area contributed by atoms with Gasteiger partial charge in [-0.05, 0) is 32.4 Å². The molecule has 0 fully saturated rings. The van der Waals surface area contributed by atoms with Crippen molar-refractivity contribution in [2.45, 2.75) is 33.4 Å². The van der Waals surface area contributed by atoms with Crippen LogP contribution in [0.15, 0.2) is 6.07 Å². The maximum Gasteiger partial charge on any atom is 0.131 e. The Hall–Kier alpha value is -1.13. The van der Waals surface area contributed by atoms with Gasteiger partial charge in [-0.2, -0.15) is 0 Å². The highest BCUT2D eigenvalue weighted by Gasteiger charge is 2.08. The number of anilines is 1. The topological polar surface area (TPSA) is 60.2 Å².